The molecule has 3 heteroatoms. The van der Waals surface area contributed by atoms with Crippen LogP contribution in [0.3, 0.4) is 0 Å². The minimum absolute atomic E-state index is 0.498. The molecule has 0 spiro atoms. The lowest BCUT2D eigenvalue weighted by molar-refractivity contribution is 0.344. The molecule has 0 heterocycles. The van der Waals surface area contributed by atoms with Gasteiger partial charge in [-0.05, 0) is 30.3 Å². The maximum absolute atomic E-state index is 3.63. The van der Waals surface area contributed by atoms with E-state index in [4.69, 9.17) is 0 Å². The Morgan fingerprint density at radius 2 is 1.75 bits per heavy atom. The van der Waals surface area contributed by atoms with Crippen molar-refractivity contribution in [1.82, 2.24) is 0 Å². The topological polar surface area (TPSA) is 0 Å². The standard InChI is InChI=1S/C9H18Br2S/c1-3-4-9(7-10,8-11)5-6-12-2/h3-8H2,1-2H3. The molecule has 0 fully saturated rings. The normalized spacial score (nSPS) is 12.0. The summed E-state index contributed by atoms with van der Waals surface area (Å²) in [5.74, 6) is 1.27. The summed E-state index contributed by atoms with van der Waals surface area (Å²) in [4.78, 5) is 0. The fourth-order valence-electron chi connectivity index (χ4n) is 1.28. The average Bonchev–Trinajstić information content (AvgIpc) is 2.13. The van der Waals surface area contributed by atoms with E-state index in [-0.39, 0.29) is 0 Å². The van der Waals surface area contributed by atoms with Crippen molar-refractivity contribution in [3.63, 3.8) is 0 Å². The number of alkyl halides is 2. The predicted octanol–water partition coefficient (Wildman–Crippen LogP) is 4.32. The van der Waals surface area contributed by atoms with E-state index in [1.807, 2.05) is 11.8 Å². The van der Waals surface area contributed by atoms with Gasteiger partial charge >= 0.3 is 0 Å². The third-order valence-corrected chi connectivity index (χ3v) is 5.18. The highest BCUT2D eigenvalue weighted by Gasteiger charge is 2.25. The second-order valence-electron chi connectivity index (χ2n) is 3.26. The Labute approximate surface area is 97.5 Å². The molecule has 0 N–H and O–H groups in total. The van der Waals surface area contributed by atoms with Crippen LogP contribution < -0.4 is 0 Å². The molecule has 0 aromatic heterocycles. The number of rotatable bonds is 7. The average molecular weight is 318 g/mol. The predicted molar refractivity (Wildman–Crippen MR) is 67.9 cm³/mol. The highest BCUT2D eigenvalue weighted by atomic mass is 79.9. The lowest BCUT2D eigenvalue weighted by atomic mass is 9.85. The third kappa shape index (κ3) is 4.52. The van der Waals surface area contributed by atoms with Crippen LogP contribution in [0.25, 0.3) is 0 Å². The van der Waals surface area contributed by atoms with Crippen molar-refractivity contribution in [2.75, 3.05) is 22.7 Å². The van der Waals surface area contributed by atoms with Crippen molar-refractivity contribution in [2.24, 2.45) is 5.41 Å². The molecule has 0 nitrogen and oxygen atoms in total. The number of hydrogen-bond donors (Lipinski definition) is 0. The number of thioether (sulfide) groups is 1. The molecule has 0 rings (SSSR count). The third-order valence-electron chi connectivity index (χ3n) is 2.18. The monoisotopic (exact) mass is 316 g/mol. The van der Waals surface area contributed by atoms with Crippen LogP contribution in [-0.4, -0.2) is 22.7 Å². The molecular weight excluding hydrogens is 300 g/mol. The first-order chi connectivity index (χ1) is 5.74. The Morgan fingerprint density at radius 1 is 1.17 bits per heavy atom. The summed E-state index contributed by atoms with van der Waals surface area (Å²) < 4.78 is 0. The minimum Gasteiger partial charge on any atom is -0.165 e. The molecule has 0 saturated heterocycles. The van der Waals surface area contributed by atoms with Crippen LogP contribution in [0.1, 0.15) is 26.2 Å². The second-order valence-corrected chi connectivity index (χ2v) is 5.37. The van der Waals surface area contributed by atoms with Crippen LogP contribution >= 0.6 is 43.6 Å². The molecule has 0 unspecified atom stereocenters. The van der Waals surface area contributed by atoms with Gasteiger partial charge in [0.1, 0.15) is 0 Å². The van der Waals surface area contributed by atoms with Gasteiger partial charge in [0, 0.05) is 10.7 Å². The SMILES string of the molecule is CCCC(CBr)(CBr)CCSC. The van der Waals surface area contributed by atoms with Crippen LogP contribution in [0.5, 0.6) is 0 Å². The van der Waals surface area contributed by atoms with Crippen molar-refractivity contribution in [1.29, 1.82) is 0 Å². The van der Waals surface area contributed by atoms with Crippen LogP contribution in [0.4, 0.5) is 0 Å². The van der Waals surface area contributed by atoms with Crippen molar-refractivity contribution < 1.29 is 0 Å². The molecule has 0 saturated carbocycles. The maximum atomic E-state index is 3.63. The molecule has 12 heavy (non-hydrogen) atoms. The molecular formula is C9H18Br2S. The summed E-state index contributed by atoms with van der Waals surface area (Å²) in [6.07, 6.45) is 6.10. The summed E-state index contributed by atoms with van der Waals surface area (Å²) in [6.45, 7) is 2.26. The Morgan fingerprint density at radius 3 is 2.08 bits per heavy atom. The lowest BCUT2D eigenvalue weighted by Gasteiger charge is -2.29. The molecule has 74 valence electrons. The first-order valence-electron chi connectivity index (χ1n) is 4.35. The number of halogens is 2. The molecule has 0 amide bonds. The van der Waals surface area contributed by atoms with Crippen LogP contribution in [-0.2, 0) is 0 Å². The van der Waals surface area contributed by atoms with Gasteiger partial charge in [-0.2, -0.15) is 11.8 Å². The fourth-order valence-corrected chi connectivity index (χ4v) is 3.96. The molecule has 0 aliphatic carbocycles. The van der Waals surface area contributed by atoms with E-state index in [0.717, 1.165) is 10.7 Å². The van der Waals surface area contributed by atoms with Gasteiger partial charge in [0.25, 0.3) is 0 Å². The smallest absolute Gasteiger partial charge is 0.00962 e. The Bertz CT molecular complexity index is 103. The van der Waals surface area contributed by atoms with Gasteiger partial charge in [0.05, 0.1) is 0 Å². The van der Waals surface area contributed by atoms with Crippen molar-refractivity contribution in [2.45, 2.75) is 26.2 Å². The second kappa shape index (κ2) is 7.69. The summed E-state index contributed by atoms with van der Waals surface area (Å²) in [7, 11) is 0. The summed E-state index contributed by atoms with van der Waals surface area (Å²) in [5, 5.41) is 2.25. The van der Waals surface area contributed by atoms with Crippen LogP contribution in [0.15, 0.2) is 0 Å². The summed E-state index contributed by atoms with van der Waals surface area (Å²) in [6, 6.07) is 0. The van der Waals surface area contributed by atoms with Gasteiger partial charge in [-0.25, -0.2) is 0 Å². The molecule has 0 aliphatic heterocycles. The molecule has 0 aromatic carbocycles. The van der Waals surface area contributed by atoms with Crippen molar-refractivity contribution in [3.8, 4) is 0 Å². The van der Waals surface area contributed by atoms with Crippen LogP contribution in [0, 0.1) is 5.41 Å². The number of hydrogen-bond acceptors (Lipinski definition) is 1. The highest BCUT2D eigenvalue weighted by Crippen LogP contribution is 2.33. The Hall–Kier alpha value is 1.31. The fraction of sp³-hybridized carbons (Fsp3) is 1.00. The quantitative estimate of drug-likeness (QED) is 0.630. The zero-order chi connectivity index (χ0) is 9.45. The summed E-state index contributed by atoms with van der Waals surface area (Å²) in [5.41, 5.74) is 0.498. The zero-order valence-corrected chi connectivity index (χ0v) is 11.9. The zero-order valence-electron chi connectivity index (χ0n) is 7.91. The molecule has 0 bridgehead atoms. The first-order valence-corrected chi connectivity index (χ1v) is 7.99. The van der Waals surface area contributed by atoms with E-state index in [9.17, 15) is 0 Å². The Balaban J connectivity index is 3.95. The van der Waals surface area contributed by atoms with Gasteiger partial charge in [0.15, 0.2) is 0 Å². The van der Waals surface area contributed by atoms with Gasteiger partial charge < -0.3 is 0 Å². The van der Waals surface area contributed by atoms with Crippen molar-refractivity contribution >= 4 is 43.6 Å². The molecule has 0 radical (unpaired) electrons. The Kier molecular flexibility index (Phi) is 8.53. The maximum Gasteiger partial charge on any atom is 0.00962 e. The molecule has 0 atom stereocenters. The van der Waals surface area contributed by atoms with E-state index < -0.39 is 0 Å². The summed E-state index contributed by atoms with van der Waals surface area (Å²) >= 11 is 9.19. The van der Waals surface area contributed by atoms with Gasteiger partial charge in [-0.3, -0.25) is 0 Å². The van der Waals surface area contributed by atoms with Gasteiger partial charge in [-0.15, -0.1) is 0 Å². The van der Waals surface area contributed by atoms with E-state index >= 15 is 0 Å². The van der Waals surface area contributed by atoms with Gasteiger partial charge in [0.2, 0.25) is 0 Å². The largest absolute Gasteiger partial charge is 0.165 e. The molecule has 0 aliphatic rings. The van der Waals surface area contributed by atoms with E-state index in [0.29, 0.717) is 5.41 Å². The van der Waals surface area contributed by atoms with E-state index in [1.54, 1.807) is 0 Å². The lowest BCUT2D eigenvalue weighted by Crippen LogP contribution is -2.25. The highest BCUT2D eigenvalue weighted by molar-refractivity contribution is 9.09. The first kappa shape index (κ1) is 13.3. The van der Waals surface area contributed by atoms with Gasteiger partial charge in [-0.1, -0.05) is 45.2 Å². The van der Waals surface area contributed by atoms with Crippen molar-refractivity contribution in [3.05, 3.63) is 0 Å². The minimum atomic E-state index is 0.498. The van der Waals surface area contributed by atoms with E-state index in [2.05, 4.69) is 45.0 Å². The van der Waals surface area contributed by atoms with E-state index in [1.165, 1.54) is 25.0 Å². The molecule has 0 aromatic rings. The van der Waals surface area contributed by atoms with Crippen LogP contribution in [0.2, 0.25) is 0 Å².